The first-order valence-electron chi connectivity index (χ1n) is 9.46. The number of aliphatic hydroxyl groups is 2. The zero-order valence-electron chi connectivity index (χ0n) is 16.0. The van der Waals surface area contributed by atoms with Crippen molar-refractivity contribution in [1.29, 1.82) is 0 Å². The van der Waals surface area contributed by atoms with Crippen molar-refractivity contribution in [3.05, 3.63) is 11.6 Å². The number of aromatic nitrogens is 4. The number of nitrogens with zero attached hydrogens (tertiary/aromatic N) is 4. The molecular formula is C16H22ClN5O7S. The molecule has 4 rings (SSSR count). The monoisotopic (exact) mass is 463 g/mol. The minimum atomic E-state index is -4.40. The summed E-state index contributed by atoms with van der Waals surface area (Å²) in [6.07, 6.45) is 0.724. The summed E-state index contributed by atoms with van der Waals surface area (Å²) in [5, 5.41) is 23.9. The Balaban J connectivity index is 1.63. The number of hydrogen-bond donors (Lipinski definition) is 3. The predicted octanol–water partition coefficient (Wildman–Crippen LogP) is 0.709. The van der Waals surface area contributed by atoms with Gasteiger partial charge in [0.05, 0.1) is 13.4 Å². The molecule has 30 heavy (non-hydrogen) atoms. The molecule has 1 aliphatic carbocycles. The molecule has 0 aromatic carbocycles. The molecule has 0 spiro atoms. The fourth-order valence-corrected chi connectivity index (χ4v) is 4.34. The van der Waals surface area contributed by atoms with Gasteiger partial charge in [-0.15, -0.1) is 0 Å². The number of hydrogen-bond acceptors (Lipinski definition) is 11. The van der Waals surface area contributed by atoms with E-state index in [9.17, 15) is 18.6 Å². The fraction of sp³-hybridized carbons (Fsp3) is 0.688. The molecule has 2 fully saturated rings. The van der Waals surface area contributed by atoms with Gasteiger partial charge in [-0.2, -0.15) is 18.4 Å². The topological polar surface area (TPSA) is 158 Å². The second-order valence-electron chi connectivity index (χ2n) is 7.19. The fourth-order valence-electron chi connectivity index (χ4n) is 3.71. The molecule has 1 saturated carbocycles. The van der Waals surface area contributed by atoms with Crippen LogP contribution in [0.4, 0.5) is 5.82 Å². The van der Waals surface area contributed by atoms with E-state index < -0.39 is 35.1 Å². The molecule has 0 bridgehead atoms. The average Bonchev–Trinajstić information content (AvgIpc) is 3.25. The molecule has 12 nitrogen and oxygen atoms in total. The third-order valence-electron chi connectivity index (χ3n) is 5.23. The Hall–Kier alpha value is -1.61. The van der Waals surface area contributed by atoms with E-state index in [0.29, 0.717) is 11.3 Å². The van der Waals surface area contributed by atoms with E-state index in [1.165, 1.54) is 17.3 Å². The van der Waals surface area contributed by atoms with Crippen LogP contribution in [0.3, 0.4) is 0 Å². The van der Waals surface area contributed by atoms with E-state index in [1.807, 2.05) is 0 Å². The Morgan fingerprint density at radius 3 is 2.67 bits per heavy atom. The van der Waals surface area contributed by atoms with Crippen LogP contribution in [0.1, 0.15) is 38.3 Å². The van der Waals surface area contributed by atoms with E-state index in [4.69, 9.17) is 16.3 Å². The number of rotatable bonds is 6. The Bertz CT molecular complexity index is 1010. The molecule has 3 heterocycles. The Morgan fingerprint density at radius 2 is 1.97 bits per heavy atom. The van der Waals surface area contributed by atoms with E-state index in [2.05, 4.69) is 28.6 Å². The minimum absolute atomic E-state index is 0.0367. The van der Waals surface area contributed by atoms with Crippen LogP contribution in [-0.2, 0) is 23.5 Å². The van der Waals surface area contributed by atoms with Gasteiger partial charge in [0.15, 0.2) is 23.2 Å². The van der Waals surface area contributed by atoms with Gasteiger partial charge in [0, 0.05) is 6.04 Å². The van der Waals surface area contributed by atoms with E-state index >= 15 is 0 Å². The maximum atomic E-state index is 11.5. The van der Waals surface area contributed by atoms with Gasteiger partial charge >= 0.3 is 10.4 Å². The third-order valence-corrected chi connectivity index (χ3v) is 6.23. The Morgan fingerprint density at radius 1 is 1.23 bits per heavy atom. The molecule has 1 aliphatic heterocycles. The van der Waals surface area contributed by atoms with E-state index in [0.717, 1.165) is 32.8 Å². The van der Waals surface area contributed by atoms with Crippen LogP contribution in [0, 0.1) is 0 Å². The van der Waals surface area contributed by atoms with Gasteiger partial charge in [-0.3, -0.25) is 8.75 Å². The number of ether oxygens (including phenoxy) is 1. The van der Waals surface area contributed by atoms with E-state index in [1.54, 1.807) is 0 Å². The number of nitrogens with one attached hydrogen (secondary N) is 1. The number of imidazole rings is 1. The van der Waals surface area contributed by atoms with Crippen molar-refractivity contribution in [2.24, 2.45) is 0 Å². The highest BCUT2D eigenvalue weighted by Gasteiger charge is 2.47. The van der Waals surface area contributed by atoms with Gasteiger partial charge in [-0.25, -0.2) is 9.17 Å². The van der Waals surface area contributed by atoms with Crippen LogP contribution >= 0.6 is 11.6 Å². The standard InChI is InChI=1S/C16H22ClN5O7S/c1-27-30(25,26)29-15-11(24)10(23)14(28-15)22-7-18-9-12(20-16(17)21-13(9)22)19-8-5-3-2-4-6-8/h7-8,10-11,14-15,23-24H,2-6H2,1H3,(H,19,20,21)/t10-,11+,14-,15-/m1/s1. The van der Waals surface area contributed by atoms with Crippen LogP contribution in [-0.4, -0.2) is 69.8 Å². The molecule has 3 N–H and O–H groups in total. The lowest BCUT2D eigenvalue weighted by Gasteiger charge is -2.23. The highest BCUT2D eigenvalue weighted by Crippen LogP contribution is 2.34. The predicted molar refractivity (Wildman–Crippen MR) is 104 cm³/mol. The molecular weight excluding hydrogens is 442 g/mol. The minimum Gasteiger partial charge on any atom is -0.385 e. The quantitative estimate of drug-likeness (QED) is 0.518. The van der Waals surface area contributed by atoms with Crippen LogP contribution in [0.5, 0.6) is 0 Å². The second kappa shape index (κ2) is 8.49. The van der Waals surface area contributed by atoms with Gasteiger partial charge in [0.2, 0.25) is 11.6 Å². The third kappa shape index (κ3) is 4.23. The van der Waals surface area contributed by atoms with Gasteiger partial charge in [-0.1, -0.05) is 19.3 Å². The maximum absolute atomic E-state index is 11.5. The largest absolute Gasteiger partial charge is 0.402 e. The van der Waals surface area contributed by atoms with Gasteiger partial charge in [-0.05, 0) is 24.4 Å². The first-order chi connectivity index (χ1) is 14.3. The molecule has 1 saturated heterocycles. The van der Waals surface area contributed by atoms with Crippen molar-refractivity contribution in [3.8, 4) is 0 Å². The van der Waals surface area contributed by atoms with Crippen molar-refractivity contribution < 1.29 is 31.7 Å². The van der Waals surface area contributed by atoms with Crippen LogP contribution in [0.15, 0.2) is 6.33 Å². The van der Waals surface area contributed by atoms with Crippen molar-refractivity contribution in [1.82, 2.24) is 19.5 Å². The lowest BCUT2D eigenvalue weighted by molar-refractivity contribution is -0.126. The Kier molecular flexibility index (Phi) is 6.12. The highest BCUT2D eigenvalue weighted by molar-refractivity contribution is 7.81. The van der Waals surface area contributed by atoms with Gasteiger partial charge < -0.3 is 20.3 Å². The summed E-state index contributed by atoms with van der Waals surface area (Å²) >= 11 is 6.10. The summed E-state index contributed by atoms with van der Waals surface area (Å²) in [6.45, 7) is 0. The normalized spacial score (nSPS) is 28.3. The first kappa shape index (κ1) is 21.6. The first-order valence-corrected chi connectivity index (χ1v) is 11.2. The SMILES string of the molecule is COS(=O)(=O)O[C@H]1O[C@@H](n2cnc3c(NC4CCCCC4)nc(Cl)nc32)[C@H](O)[C@@H]1O. The molecule has 14 heteroatoms. The van der Waals surface area contributed by atoms with Crippen molar-refractivity contribution >= 4 is 39.0 Å². The lowest BCUT2D eigenvalue weighted by atomic mass is 9.95. The number of halogens is 1. The Labute approximate surface area is 177 Å². The van der Waals surface area contributed by atoms with Gasteiger partial charge in [0.25, 0.3) is 0 Å². The summed E-state index contributed by atoms with van der Waals surface area (Å²) in [7, 11) is -3.51. The van der Waals surface area contributed by atoms with Gasteiger partial charge in [0.1, 0.15) is 12.2 Å². The molecule has 2 aromatic rings. The summed E-state index contributed by atoms with van der Waals surface area (Å²) in [6, 6.07) is 0.241. The highest BCUT2D eigenvalue weighted by atomic mass is 35.5. The zero-order chi connectivity index (χ0) is 21.5. The smallest absolute Gasteiger partial charge is 0.385 e. The molecule has 0 amide bonds. The number of fused-ring (bicyclic) bond motifs is 1. The summed E-state index contributed by atoms with van der Waals surface area (Å²) < 4.78 is 38.6. The molecule has 0 unspecified atom stereocenters. The molecule has 166 valence electrons. The van der Waals surface area contributed by atoms with Crippen LogP contribution in [0.25, 0.3) is 11.2 Å². The van der Waals surface area contributed by atoms with E-state index in [-0.39, 0.29) is 17.0 Å². The van der Waals surface area contributed by atoms with Crippen LogP contribution < -0.4 is 5.32 Å². The van der Waals surface area contributed by atoms with Crippen molar-refractivity contribution in [2.45, 2.75) is 62.9 Å². The molecule has 2 aliphatic rings. The number of anilines is 1. The van der Waals surface area contributed by atoms with Crippen LogP contribution in [0.2, 0.25) is 5.28 Å². The molecule has 0 radical (unpaired) electrons. The molecule has 2 aromatic heterocycles. The van der Waals surface area contributed by atoms with Crippen molar-refractivity contribution in [2.75, 3.05) is 12.4 Å². The molecule has 4 atom stereocenters. The summed E-state index contributed by atoms with van der Waals surface area (Å²) in [4.78, 5) is 12.7. The zero-order valence-corrected chi connectivity index (χ0v) is 17.6. The van der Waals surface area contributed by atoms with Crippen molar-refractivity contribution in [3.63, 3.8) is 0 Å². The maximum Gasteiger partial charge on any atom is 0.402 e. The average molecular weight is 464 g/mol. The number of aliphatic hydroxyl groups excluding tert-OH is 2. The summed E-state index contributed by atoms with van der Waals surface area (Å²) in [5.41, 5.74) is 0.656. The lowest BCUT2D eigenvalue weighted by Crippen LogP contribution is -2.34. The summed E-state index contributed by atoms with van der Waals surface area (Å²) in [5.74, 6) is 0.457. The second-order valence-corrected chi connectivity index (χ2v) is 8.87.